The van der Waals surface area contributed by atoms with Crippen LogP contribution in [0.2, 0.25) is 5.02 Å². The average Bonchev–Trinajstić information content (AvgIpc) is 3.46. The summed E-state index contributed by atoms with van der Waals surface area (Å²) < 4.78 is 2.09. The first-order chi connectivity index (χ1) is 16.3. The van der Waals surface area contributed by atoms with Gasteiger partial charge in [-0.1, -0.05) is 11.6 Å². The Morgan fingerprint density at radius 3 is 2.50 bits per heavy atom. The number of hydrogen-bond acceptors (Lipinski definition) is 5. The SMILES string of the molecule is Cc1nc(N2CCC(n3nc(C)c4cc(C(=O)N5CCC[C@H]5C(=O)O)ccc43)CC2)ccc1Cl. The van der Waals surface area contributed by atoms with Gasteiger partial charge in [0.05, 0.1) is 28.0 Å². The number of aryl methyl sites for hydroxylation is 2. The van der Waals surface area contributed by atoms with Crippen molar-refractivity contribution in [2.45, 2.75) is 51.6 Å². The molecule has 2 saturated heterocycles. The highest BCUT2D eigenvalue weighted by molar-refractivity contribution is 6.31. The average molecular weight is 482 g/mol. The van der Waals surface area contributed by atoms with E-state index in [4.69, 9.17) is 16.7 Å². The second-order valence-electron chi connectivity index (χ2n) is 9.21. The lowest BCUT2D eigenvalue weighted by Gasteiger charge is -2.33. The normalized spacial score (nSPS) is 19.2. The summed E-state index contributed by atoms with van der Waals surface area (Å²) in [4.78, 5) is 33.0. The molecule has 178 valence electrons. The van der Waals surface area contributed by atoms with Crippen LogP contribution in [0, 0.1) is 13.8 Å². The lowest BCUT2D eigenvalue weighted by Crippen LogP contribution is -2.40. The van der Waals surface area contributed by atoms with Gasteiger partial charge in [0.15, 0.2) is 0 Å². The molecule has 0 aliphatic carbocycles. The first-order valence-corrected chi connectivity index (χ1v) is 12.1. The van der Waals surface area contributed by atoms with Crippen molar-refractivity contribution in [3.8, 4) is 0 Å². The van der Waals surface area contributed by atoms with E-state index in [-0.39, 0.29) is 11.9 Å². The smallest absolute Gasteiger partial charge is 0.326 e. The van der Waals surface area contributed by atoms with Crippen LogP contribution in [0.25, 0.3) is 10.9 Å². The zero-order valence-corrected chi connectivity index (χ0v) is 20.1. The molecule has 9 heteroatoms. The van der Waals surface area contributed by atoms with Crippen molar-refractivity contribution in [2.75, 3.05) is 24.5 Å². The molecule has 4 heterocycles. The molecule has 2 fully saturated rings. The first-order valence-electron chi connectivity index (χ1n) is 11.7. The van der Waals surface area contributed by atoms with Crippen LogP contribution in [0.5, 0.6) is 0 Å². The Morgan fingerprint density at radius 1 is 1.03 bits per heavy atom. The Morgan fingerprint density at radius 2 is 1.79 bits per heavy atom. The highest BCUT2D eigenvalue weighted by Crippen LogP contribution is 2.31. The maximum Gasteiger partial charge on any atom is 0.326 e. The summed E-state index contributed by atoms with van der Waals surface area (Å²) >= 11 is 6.13. The quantitative estimate of drug-likeness (QED) is 0.599. The number of benzene rings is 1. The monoisotopic (exact) mass is 481 g/mol. The van der Waals surface area contributed by atoms with E-state index in [0.717, 1.165) is 54.0 Å². The number of anilines is 1. The van der Waals surface area contributed by atoms with Gasteiger partial charge in [-0.25, -0.2) is 9.78 Å². The largest absolute Gasteiger partial charge is 0.480 e. The molecule has 2 aliphatic rings. The fourth-order valence-electron chi connectivity index (χ4n) is 5.19. The predicted molar refractivity (Wildman–Crippen MR) is 131 cm³/mol. The number of carboxylic acid groups (broad SMARTS) is 1. The van der Waals surface area contributed by atoms with E-state index < -0.39 is 12.0 Å². The maximum absolute atomic E-state index is 13.1. The van der Waals surface area contributed by atoms with Gasteiger partial charge in [-0.15, -0.1) is 0 Å². The third-order valence-corrected chi connectivity index (χ3v) is 7.48. The topological polar surface area (TPSA) is 91.6 Å². The molecule has 2 aromatic heterocycles. The molecule has 1 amide bonds. The summed E-state index contributed by atoms with van der Waals surface area (Å²) in [6.07, 6.45) is 3.10. The van der Waals surface area contributed by atoms with Gasteiger partial charge >= 0.3 is 5.97 Å². The van der Waals surface area contributed by atoms with E-state index in [9.17, 15) is 14.7 Å². The number of halogens is 1. The summed E-state index contributed by atoms with van der Waals surface area (Å²) in [7, 11) is 0. The molecule has 8 nitrogen and oxygen atoms in total. The number of carbonyl (C=O) groups excluding carboxylic acids is 1. The molecule has 0 spiro atoms. The van der Waals surface area contributed by atoms with E-state index in [2.05, 4.69) is 14.6 Å². The maximum atomic E-state index is 13.1. The molecule has 1 N–H and O–H groups in total. The Labute approximate surface area is 203 Å². The third kappa shape index (κ3) is 4.00. The Balaban J connectivity index is 1.35. The fourth-order valence-corrected chi connectivity index (χ4v) is 5.29. The molecule has 3 aromatic rings. The van der Waals surface area contributed by atoms with Gasteiger partial charge < -0.3 is 14.9 Å². The van der Waals surface area contributed by atoms with Crippen LogP contribution in [0.1, 0.15) is 53.5 Å². The van der Waals surface area contributed by atoms with Gasteiger partial charge in [0, 0.05) is 30.6 Å². The third-order valence-electron chi connectivity index (χ3n) is 7.08. The van der Waals surface area contributed by atoms with Crippen molar-refractivity contribution in [1.82, 2.24) is 19.7 Å². The standard InChI is InChI=1S/C25H28ClN5O3/c1-15-19-14-17(24(32)30-11-3-4-22(30)25(33)34)5-7-21(19)31(28-15)18-9-12-29(13-10-18)23-8-6-20(26)16(2)27-23/h5-8,14,18,22H,3-4,9-13H2,1-2H3,(H,33,34)/t22-/m0/s1. The number of aliphatic carboxylic acids is 1. The minimum absolute atomic E-state index is 0.224. The van der Waals surface area contributed by atoms with E-state index in [1.54, 1.807) is 6.07 Å². The van der Waals surface area contributed by atoms with Gasteiger partial charge in [-0.05, 0) is 69.9 Å². The van der Waals surface area contributed by atoms with Crippen molar-refractivity contribution >= 4 is 40.2 Å². The summed E-state index contributed by atoms with van der Waals surface area (Å²) in [6.45, 7) is 6.11. The predicted octanol–water partition coefficient (Wildman–Crippen LogP) is 4.23. The molecule has 0 radical (unpaired) electrons. The lowest BCUT2D eigenvalue weighted by atomic mass is 10.0. The number of nitrogens with zero attached hydrogens (tertiary/aromatic N) is 5. The van der Waals surface area contributed by atoms with Crippen LogP contribution in [0.4, 0.5) is 5.82 Å². The summed E-state index contributed by atoms with van der Waals surface area (Å²) in [5.41, 5.74) is 3.23. The van der Waals surface area contributed by atoms with Gasteiger partial charge in [0.2, 0.25) is 0 Å². The van der Waals surface area contributed by atoms with Gasteiger partial charge in [-0.3, -0.25) is 9.48 Å². The van der Waals surface area contributed by atoms with Crippen molar-refractivity contribution < 1.29 is 14.7 Å². The summed E-state index contributed by atoms with van der Waals surface area (Å²) in [5.74, 6) is -0.212. The number of amides is 1. The zero-order chi connectivity index (χ0) is 24.0. The number of pyridine rings is 1. The van der Waals surface area contributed by atoms with Gasteiger partial charge in [0.25, 0.3) is 5.91 Å². The lowest BCUT2D eigenvalue weighted by molar-refractivity contribution is -0.141. The van der Waals surface area contributed by atoms with Crippen molar-refractivity contribution in [3.63, 3.8) is 0 Å². The number of rotatable bonds is 4. The van der Waals surface area contributed by atoms with Gasteiger partial charge in [0.1, 0.15) is 11.9 Å². The van der Waals surface area contributed by atoms with Crippen LogP contribution < -0.4 is 4.90 Å². The van der Waals surface area contributed by atoms with Crippen LogP contribution in [0.3, 0.4) is 0 Å². The number of carboxylic acids is 1. The minimum Gasteiger partial charge on any atom is -0.480 e. The second-order valence-corrected chi connectivity index (χ2v) is 9.62. The second kappa shape index (κ2) is 8.91. The zero-order valence-electron chi connectivity index (χ0n) is 19.4. The molecule has 34 heavy (non-hydrogen) atoms. The van der Waals surface area contributed by atoms with Crippen LogP contribution in [-0.2, 0) is 4.79 Å². The van der Waals surface area contributed by atoms with Crippen molar-refractivity contribution in [2.24, 2.45) is 0 Å². The molecular weight excluding hydrogens is 454 g/mol. The summed E-state index contributed by atoms with van der Waals surface area (Å²) in [5, 5.41) is 15.9. The Hall–Kier alpha value is -3.13. The van der Waals surface area contributed by atoms with Crippen LogP contribution >= 0.6 is 11.6 Å². The molecular formula is C25H28ClN5O3. The van der Waals surface area contributed by atoms with Crippen molar-refractivity contribution in [1.29, 1.82) is 0 Å². The molecule has 1 aromatic carbocycles. The molecule has 0 unspecified atom stereocenters. The highest BCUT2D eigenvalue weighted by Gasteiger charge is 2.34. The number of piperidine rings is 1. The van der Waals surface area contributed by atoms with Crippen LogP contribution in [0.15, 0.2) is 30.3 Å². The number of hydrogen-bond donors (Lipinski definition) is 1. The molecule has 0 saturated carbocycles. The molecule has 0 bridgehead atoms. The van der Waals surface area contributed by atoms with Crippen molar-refractivity contribution in [3.05, 3.63) is 52.3 Å². The number of fused-ring (bicyclic) bond motifs is 1. The van der Waals surface area contributed by atoms with E-state index in [1.807, 2.05) is 38.1 Å². The minimum atomic E-state index is -0.939. The van der Waals surface area contributed by atoms with E-state index in [1.165, 1.54) is 4.90 Å². The Kier molecular flexibility index (Phi) is 5.93. The highest BCUT2D eigenvalue weighted by atomic mass is 35.5. The molecule has 5 rings (SSSR count). The fraction of sp³-hybridized carbons (Fsp3) is 0.440. The number of carbonyl (C=O) groups is 2. The van der Waals surface area contributed by atoms with E-state index >= 15 is 0 Å². The number of likely N-dealkylation sites (tertiary alicyclic amines) is 1. The van der Waals surface area contributed by atoms with Crippen LogP contribution in [-0.4, -0.2) is 62.3 Å². The molecule has 2 aliphatic heterocycles. The Bertz CT molecular complexity index is 1260. The molecule has 1 atom stereocenters. The van der Waals surface area contributed by atoms with Gasteiger partial charge in [-0.2, -0.15) is 5.10 Å². The summed E-state index contributed by atoms with van der Waals surface area (Å²) in [6, 6.07) is 9.00. The number of aromatic nitrogens is 3. The first kappa shape index (κ1) is 22.7. The van der Waals surface area contributed by atoms with E-state index in [0.29, 0.717) is 30.0 Å².